The molecule has 1 heterocycles. The van der Waals surface area contributed by atoms with Crippen molar-refractivity contribution in [3.63, 3.8) is 0 Å². The van der Waals surface area contributed by atoms with Gasteiger partial charge in [-0.15, -0.1) is 0 Å². The van der Waals surface area contributed by atoms with Gasteiger partial charge in [-0.1, -0.05) is 23.8 Å². The molecule has 5 heteroatoms. The van der Waals surface area contributed by atoms with Gasteiger partial charge < -0.3 is 20.2 Å². The summed E-state index contributed by atoms with van der Waals surface area (Å²) in [5.41, 5.74) is 4.28. The molecule has 0 radical (unpaired) electrons. The first kappa shape index (κ1) is 20.5. The number of anilines is 1. The molecule has 2 aliphatic rings. The third-order valence-corrected chi connectivity index (χ3v) is 6.29. The number of carbonyl (C=O) groups is 1. The number of phenolic OH excluding ortho intramolecular Hbond substituents is 2. The van der Waals surface area contributed by atoms with Crippen LogP contribution in [0.1, 0.15) is 69.4 Å². The first-order valence-corrected chi connectivity index (χ1v) is 10.1. The summed E-state index contributed by atoms with van der Waals surface area (Å²) < 4.78 is 0. The Morgan fingerprint density at radius 3 is 2.50 bits per heavy atom. The van der Waals surface area contributed by atoms with Crippen LogP contribution in [0.3, 0.4) is 0 Å². The Morgan fingerprint density at radius 1 is 1.21 bits per heavy atom. The van der Waals surface area contributed by atoms with Crippen LogP contribution in [0.25, 0.3) is 0 Å². The molecule has 0 saturated carbocycles. The highest BCUT2D eigenvalue weighted by Gasteiger charge is 2.38. The van der Waals surface area contributed by atoms with Gasteiger partial charge >= 0.3 is 0 Å². The minimum absolute atomic E-state index is 0.00866. The number of hydrogen-bond acceptors (Lipinski definition) is 4. The number of phenols is 2. The van der Waals surface area contributed by atoms with Gasteiger partial charge in [0.2, 0.25) is 5.91 Å². The lowest BCUT2D eigenvalue weighted by atomic mass is 9.72. The third-order valence-electron chi connectivity index (χ3n) is 6.29. The van der Waals surface area contributed by atoms with Crippen LogP contribution in [-0.4, -0.2) is 34.4 Å². The van der Waals surface area contributed by atoms with Crippen molar-refractivity contribution >= 4 is 11.6 Å². The van der Waals surface area contributed by atoms with Crippen LogP contribution >= 0.6 is 0 Å². The van der Waals surface area contributed by atoms with Gasteiger partial charge in [-0.05, 0) is 51.4 Å². The monoisotopic (exact) mass is 385 g/mol. The number of amides is 1. The van der Waals surface area contributed by atoms with E-state index in [2.05, 4.69) is 19.6 Å². The maximum atomic E-state index is 12.4. The Hall–Kier alpha value is -2.27. The van der Waals surface area contributed by atoms with Crippen LogP contribution in [0.2, 0.25) is 0 Å². The van der Waals surface area contributed by atoms with Crippen molar-refractivity contribution in [2.45, 2.75) is 58.3 Å². The molecular formula is C23H31NO4. The smallest absolute Gasteiger partial charge is 0.223 e. The Bertz CT molecular complexity index is 826. The summed E-state index contributed by atoms with van der Waals surface area (Å²) in [7, 11) is 0. The fourth-order valence-corrected chi connectivity index (χ4v) is 4.90. The number of nitrogens with zero attached hydrogens (tertiary/aromatic N) is 1. The van der Waals surface area contributed by atoms with E-state index in [-0.39, 0.29) is 41.8 Å². The van der Waals surface area contributed by atoms with Crippen LogP contribution in [-0.2, 0) is 4.79 Å². The van der Waals surface area contributed by atoms with Gasteiger partial charge in [-0.25, -0.2) is 0 Å². The first-order chi connectivity index (χ1) is 13.3. The number of aliphatic hydroxyl groups excluding tert-OH is 1. The standard InChI is InChI=1S/C23H31NO4/c1-13(2)17-6-5-14(3)11-18(17)22-20(28)12-19(27)21-16(8-10-25)7-9-24(15(4)26)23(21)22/h11-12,16-18,25,27-28H,1,5-10H2,2-4H3/t16-,17-,18+/m0/s1. The van der Waals surface area contributed by atoms with E-state index >= 15 is 0 Å². The quantitative estimate of drug-likeness (QED) is 0.674. The van der Waals surface area contributed by atoms with Crippen LogP contribution in [0, 0.1) is 5.92 Å². The van der Waals surface area contributed by atoms with E-state index in [1.807, 2.05) is 6.92 Å². The van der Waals surface area contributed by atoms with Crippen molar-refractivity contribution in [2.24, 2.45) is 5.92 Å². The molecular weight excluding hydrogens is 354 g/mol. The predicted molar refractivity (Wildman–Crippen MR) is 111 cm³/mol. The summed E-state index contributed by atoms with van der Waals surface area (Å²) in [6, 6.07) is 1.40. The van der Waals surface area contributed by atoms with Gasteiger partial charge in [-0.3, -0.25) is 4.79 Å². The van der Waals surface area contributed by atoms with Crippen molar-refractivity contribution in [1.29, 1.82) is 0 Å². The molecule has 0 bridgehead atoms. The summed E-state index contributed by atoms with van der Waals surface area (Å²) in [6.07, 6.45) is 5.29. The van der Waals surface area contributed by atoms with E-state index in [0.29, 0.717) is 36.2 Å². The Morgan fingerprint density at radius 2 is 1.89 bits per heavy atom. The van der Waals surface area contributed by atoms with Gasteiger partial charge in [-0.2, -0.15) is 0 Å². The molecule has 1 aliphatic carbocycles. The second-order valence-corrected chi connectivity index (χ2v) is 8.29. The number of carbonyl (C=O) groups excluding carboxylic acids is 1. The summed E-state index contributed by atoms with van der Waals surface area (Å²) in [4.78, 5) is 14.1. The van der Waals surface area contributed by atoms with E-state index in [0.717, 1.165) is 18.4 Å². The lowest BCUT2D eigenvalue weighted by Crippen LogP contribution is -2.37. The van der Waals surface area contributed by atoms with Crippen LogP contribution in [0.4, 0.5) is 5.69 Å². The van der Waals surface area contributed by atoms with Gasteiger partial charge in [0.05, 0.1) is 5.69 Å². The number of fused-ring (bicyclic) bond motifs is 1. The van der Waals surface area contributed by atoms with Gasteiger partial charge in [0, 0.05) is 43.2 Å². The maximum Gasteiger partial charge on any atom is 0.223 e. The highest BCUT2D eigenvalue weighted by Crippen LogP contribution is 2.53. The number of allylic oxidation sites excluding steroid dienone is 3. The maximum absolute atomic E-state index is 12.4. The Kier molecular flexibility index (Phi) is 5.84. The van der Waals surface area contributed by atoms with Crippen LogP contribution < -0.4 is 4.90 Å². The Labute approximate surface area is 167 Å². The topological polar surface area (TPSA) is 81.0 Å². The van der Waals surface area contributed by atoms with E-state index in [1.54, 1.807) is 4.90 Å². The minimum Gasteiger partial charge on any atom is -0.507 e. The molecule has 5 nitrogen and oxygen atoms in total. The van der Waals surface area contributed by atoms with E-state index in [9.17, 15) is 20.1 Å². The molecule has 0 fully saturated rings. The number of benzene rings is 1. The summed E-state index contributed by atoms with van der Waals surface area (Å²) in [5, 5.41) is 31.1. The minimum atomic E-state index is -0.113. The van der Waals surface area contributed by atoms with Crippen molar-refractivity contribution in [2.75, 3.05) is 18.1 Å². The van der Waals surface area contributed by atoms with Crippen molar-refractivity contribution < 1.29 is 20.1 Å². The fraction of sp³-hybridized carbons (Fsp3) is 0.522. The lowest BCUT2D eigenvalue weighted by Gasteiger charge is -2.39. The first-order valence-electron chi connectivity index (χ1n) is 10.1. The van der Waals surface area contributed by atoms with Gasteiger partial charge in [0.1, 0.15) is 11.5 Å². The summed E-state index contributed by atoms with van der Waals surface area (Å²) >= 11 is 0. The Balaban J connectivity index is 2.29. The highest BCUT2D eigenvalue weighted by atomic mass is 16.3. The van der Waals surface area contributed by atoms with Crippen LogP contribution in [0.5, 0.6) is 11.5 Å². The largest absolute Gasteiger partial charge is 0.507 e. The van der Waals surface area contributed by atoms with E-state index in [1.165, 1.54) is 18.6 Å². The van der Waals surface area contributed by atoms with Crippen molar-refractivity contribution in [1.82, 2.24) is 0 Å². The fourth-order valence-electron chi connectivity index (χ4n) is 4.90. The van der Waals surface area contributed by atoms with Crippen molar-refractivity contribution in [3.8, 4) is 11.5 Å². The highest BCUT2D eigenvalue weighted by molar-refractivity contribution is 5.95. The number of hydrogen-bond donors (Lipinski definition) is 3. The molecule has 3 atom stereocenters. The van der Waals surface area contributed by atoms with Crippen molar-refractivity contribution in [3.05, 3.63) is 41.0 Å². The second-order valence-electron chi connectivity index (χ2n) is 8.29. The average Bonchev–Trinajstić information content (AvgIpc) is 2.61. The molecule has 0 saturated heterocycles. The third kappa shape index (κ3) is 3.55. The predicted octanol–water partition coefficient (Wildman–Crippen LogP) is 4.34. The zero-order chi connectivity index (χ0) is 20.6. The second kappa shape index (κ2) is 8.00. The molecule has 1 aromatic rings. The molecule has 0 aromatic heterocycles. The molecule has 0 unspecified atom stereocenters. The lowest BCUT2D eigenvalue weighted by molar-refractivity contribution is -0.116. The number of rotatable bonds is 4. The molecule has 1 aromatic carbocycles. The zero-order valence-electron chi connectivity index (χ0n) is 17.0. The van der Waals surface area contributed by atoms with Gasteiger partial charge in [0.25, 0.3) is 0 Å². The molecule has 3 N–H and O–H groups in total. The van der Waals surface area contributed by atoms with E-state index in [4.69, 9.17) is 0 Å². The van der Waals surface area contributed by atoms with Crippen LogP contribution in [0.15, 0.2) is 29.9 Å². The van der Waals surface area contributed by atoms with Gasteiger partial charge in [0.15, 0.2) is 0 Å². The molecule has 3 rings (SSSR count). The summed E-state index contributed by atoms with van der Waals surface area (Å²) in [5.74, 6) is -0.103. The molecule has 1 amide bonds. The number of aromatic hydroxyl groups is 2. The van der Waals surface area contributed by atoms with E-state index < -0.39 is 0 Å². The normalized spacial score (nSPS) is 24.5. The molecule has 28 heavy (non-hydrogen) atoms. The zero-order valence-corrected chi connectivity index (χ0v) is 17.0. The molecule has 152 valence electrons. The SMILES string of the molecule is C=C(C)[C@@H]1CCC(C)=C[C@H]1c1c(O)cc(O)c2c1N(C(C)=O)CC[C@H]2CCO. The molecule has 1 aliphatic heterocycles. The summed E-state index contributed by atoms with van der Waals surface area (Å²) in [6.45, 7) is 10.3. The molecule has 0 spiro atoms. The number of aliphatic hydroxyl groups is 1. The average molecular weight is 386 g/mol.